The fourth-order valence-electron chi connectivity index (χ4n) is 4.75. The van der Waals surface area contributed by atoms with E-state index in [0.717, 1.165) is 33.1 Å². The molecular formula is C23H20N2O. The highest BCUT2D eigenvalue weighted by Gasteiger charge is 2.23. The average molecular weight is 340 g/mol. The maximum atomic E-state index is 6.23. The van der Waals surface area contributed by atoms with Gasteiger partial charge in [-0.15, -0.1) is 0 Å². The van der Waals surface area contributed by atoms with Crippen molar-refractivity contribution in [2.45, 2.75) is 38.0 Å². The fourth-order valence-corrected chi connectivity index (χ4v) is 4.75. The molecule has 0 amide bonds. The molecule has 0 unspecified atom stereocenters. The average Bonchev–Trinajstić information content (AvgIpc) is 3.26. The molecule has 26 heavy (non-hydrogen) atoms. The third-order valence-electron chi connectivity index (χ3n) is 5.97. The van der Waals surface area contributed by atoms with Gasteiger partial charge in [0.15, 0.2) is 0 Å². The summed E-state index contributed by atoms with van der Waals surface area (Å²) in [6, 6.07) is 19.1. The summed E-state index contributed by atoms with van der Waals surface area (Å²) in [4.78, 5) is 5.02. The van der Waals surface area contributed by atoms with Crippen molar-refractivity contribution in [1.29, 1.82) is 0 Å². The number of rotatable bonds is 1. The first-order valence-corrected chi connectivity index (χ1v) is 9.61. The zero-order valence-electron chi connectivity index (χ0n) is 14.6. The first-order valence-electron chi connectivity index (χ1n) is 9.61. The van der Waals surface area contributed by atoms with E-state index in [-0.39, 0.29) is 0 Å². The predicted octanol–water partition coefficient (Wildman–Crippen LogP) is 6.43. The number of hydrogen-bond acceptors (Lipinski definition) is 2. The van der Waals surface area contributed by atoms with Gasteiger partial charge in [-0.05, 0) is 37.0 Å². The Morgan fingerprint density at radius 2 is 1.69 bits per heavy atom. The van der Waals surface area contributed by atoms with Crippen molar-refractivity contribution in [1.82, 2.24) is 9.38 Å². The second-order valence-corrected chi connectivity index (χ2v) is 7.50. The molecule has 1 fully saturated rings. The van der Waals surface area contributed by atoms with Gasteiger partial charge in [-0.1, -0.05) is 49.6 Å². The van der Waals surface area contributed by atoms with E-state index < -0.39 is 0 Å². The van der Waals surface area contributed by atoms with Crippen LogP contribution in [0.15, 0.2) is 59.0 Å². The minimum Gasteiger partial charge on any atom is -0.456 e. The van der Waals surface area contributed by atoms with Crippen molar-refractivity contribution in [3.63, 3.8) is 0 Å². The third-order valence-corrected chi connectivity index (χ3v) is 5.97. The maximum absolute atomic E-state index is 6.23. The van der Waals surface area contributed by atoms with Crippen LogP contribution in [-0.2, 0) is 0 Å². The molecule has 1 aliphatic rings. The van der Waals surface area contributed by atoms with Crippen LogP contribution in [0.4, 0.5) is 0 Å². The van der Waals surface area contributed by atoms with Gasteiger partial charge >= 0.3 is 0 Å². The summed E-state index contributed by atoms with van der Waals surface area (Å²) in [5.74, 6) is 0.585. The topological polar surface area (TPSA) is 30.4 Å². The zero-order valence-corrected chi connectivity index (χ0v) is 14.6. The van der Waals surface area contributed by atoms with Crippen LogP contribution in [0.25, 0.3) is 38.6 Å². The lowest BCUT2D eigenvalue weighted by atomic mass is 9.86. The number of benzene rings is 2. The van der Waals surface area contributed by atoms with Gasteiger partial charge in [0.2, 0.25) is 0 Å². The first kappa shape index (κ1) is 14.4. The molecule has 1 aliphatic carbocycles. The van der Waals surface area contributed by atoms with Gasteiger partial charge in [-0.25, -0.2) is 4.98 Å². The monoisotopic (exact) mass is 340 g/mol. The Morgan fingerprint density at radius 1 is 0.885 bits per heavy atom. The number of furan rings is 1. The summed E-state index contributed by atoms with van der Waals surface area (Å²) in [6.45, 7) is 0. The summed E-state index contributed by atoms with van der Waals surface area (Å²) in [6.07, 6.45) is 6.51. The molecule has 0 radical (unpaired) electrons. The number of nitrogens with zero attached hydrogens (tertiary/aromatic N) is 2. The van der Waals surface area contributed by atoms with Gasteiger partial charge in [0, 0.05) is 17.1 Å². The molecule has 0 bridgehead atoms. The quantitative estimate of drug-likeness (QED) is 0.352. The summed E-state index contributed by atoms with van der Waals surface area (Å²) in [5, 5.41) is 2.29. The molecule has 5 aromatic rings. The Bertz CT molecular complexity index is 1270. The molecule has 0 aliphatic heterocycles. The Morgan fingerprint density at radius 3 is 2.62 bits per heavy atom. The highest BCUT2D eigenvalue weighted by molar-refractivity contribution is 6.13. The number of pyridine rings is 1. The van der Waals surface area contributed by atoms with E-state index in [9.17, 15) is 0 Å². The van der Waals surface area contributed by atoms with E-state index in [1.807, 2.05) is 6.07 Å². The van der Waals surface area contributed by atoms with Crippen molar-refractivity contribution in [2.75, 3.05) is 0 Å². The molecule has 0 spiro atoms. The Labute approximate surface area is 151 Å². The van der Waals surface area contributed by atoms with Crippen molar-refractivity contribution < 1.29 is 4.42 Å². The molecule has 0 saturated heterocycles. The molecule has 2 aromatic carbocycles. The van der Waals surface area contributed by atoms with Crippen LogP contribution in [0.3, 0.4) is 0 Å². The van der Waals surface area contributed by atoms with E-state index in [1.54, 1.807) is 0 Å². The highest BCUT2D eigenvalue weighted by atomic mass is 16.3. The number of imidazole rings is 1. The number of hydrogen-bond donors (Lipinski definition) is 0. The summed E-state index contributed by atoms with van der Waals surface area (Å²) < 4.78 is 8.63. The Hall–Kier alpha value is -2.81. The van der Waals surface area contributed by atoms with Crippen LogP contribution in [0.1, 0.15) is 43.7 Å². The minimum atomic E-state index is 0.585. The first-order chi connectivity index (χ1) is 12.9. The molecule has 128 valence electrons. The van der Waals surface area contributed by atoms with Crippen molar-refractivity contribution in [3.05, 3.63) is 60.3 Å². The Kier molecular flexibility index (Phi) is 2.95. The molecular weight excluding hydrogens is 320 g/mol. The van der Waals surface area contributed by atoms with E-state index >= 15 is 0 Å². The van der Waals surface area contributed by atoms with Crippen LogP contribution in [0.5, 0.6) is 0 Å². The lowest BCUT2D eigenvalue weighted by Crippen LogP contribution is -2.09. The van der Waals surface area contributed by atoms with Crippen molar-refractivity contribution in [3.8, 4) is 0 Å². The molecule has 0 atom stereocenters. The number of fused-ring (bicyclic) bond motifs is 7. The smallest absolute Gasteiger partial charge is 0.150 e. The van der Waals surface area contributed by atoms with Crippen molar-refractivity contribution >= 4 is 38.6 Å². The summed E-state index contributed by atoms with van der Waals surface area (Å²) >= 11 is 0. The van der Waals surface area contributed by atoms with Crippen molar-refractivity contribution in [2.24, 2.45) is 0 Å². The molecule has 1 saturated carbocycles. The number of aromatic nitrogens is 2. The van der Waals surface area contributed by atoms with Crippen LogP contribution >= 0.6 is 0 Å². The third kappa shape index (κ3) is 1.91. The van der Waals surface area contributed by atoms with Gasteiger partial charge in [-0.3, -0.25) is 4.40 Å². The normalized spacial score (nSPS) is 16.3. The summed E-state index contributed by atoms with van der Waals surface area (Å²) in [5.41, 5.74) is 6.57. The molecule has 3 heteroatoms. The maximum Gasteiger partial charge on any atom is 0.150 e. The van der Waals surface area contributed by atoms with Crippen LogP contribution in [0.2, 0.25) is 0 Å². The van der Waals surface area contributed by atoms with E-state index in [1.165, 1.54) is 43.3 Å². The predicted molar refractivity (Wildman–Crippen MR) is 106 cm³/mol. The summed E-state index contributed by atoms with van der Waals surface area (Å²) in [7, 11) is 0. The second-order valence-electron chi connectivity index (χ2n) is 7.50. The van der Waals surface area contributed by atoms with Gasteiger partial charge in [-0.2, -0.15) is 0 Å². The van der Waals surface area contributed by atoms with E-state index in [2.05, 4.69) is 52.9 Å². The lowest BCUT2D eigenvalue weighted by Gasteiger charge is -2.23. The van der Waals surface area contributed by atoms with Gasteiger partial charge in [0.1, 0.15) is 16.8 Å². The number of para-hydroxylation sites is 3. The highest BCUT2D eigenvalue weighted by Crippen LogP contribution is 2.39. The molecule has 3 aromatic heterocycles. The molecule has 3 heterocycles. The standard InChI is InChI=1S/C23H20N2O/c1-2-8-15(9-3-1)19-14-21-22(16-10-4-7-13-20(16)26-21)23-24-17-11-5-6-12-18(17)25(19)23/h4-7,10-15H,1-3,8-9H2. The van der Waals surface area contributed by atoms with Gasteiger partial charge < -0.3 is 4.42 Å². The zero-order chi connectivity index (χ0) is 17.1. The largest absolute Gasteiger partial charge is 0.456 e. The Balaban J connectivity index is 1.81. The second kappa shape index (κ2) is 5.34. The SMILES string of the molecule is c1ccc2c(c1)nc1c3c(cc(C4CCCCC4)n21)oc1ccccc13. The lowest BCUT2D eigenvalue weighted by molar-refractivity contribution is 0.435. The molecule has 0 N–H and O–H groups in total. The molecule has 3 nitrogen and oxygen atoms in total. The van der Waals surface area contributed by atoms with E-state index in [0.29, 0.717) is 5.92 Å². The van der Waals surface area contributed by atoms with Crippen LogP contribution in [-0.4, -0.2) is 9.38 Å². The van der Waals surface area contributed by atoms with Gasteiger partial charge in [0.05, 0.1) is 16.4 Å². The van der Waals surface area contributed by atoms with Gasteiger partial charge in [0.25, 0.3) is 0 Å². The molecule has 6 rings (SSSR count). The minimum absolute atomic E-state index is 0.585. The van der Waals surface area contributed by atoms with E-state index in [4.69, 9.17) is 9.40 Å². The van der Waals surface area contributed by atoms with Crippen LogP contribution < -0.4 is 0 Å². The fraction of sp³-hybridized carbons (Fsp3) is 0.261. The van der Waals surface area contributed by atoms with Crippen LogP contribution in [0, 0.1) is 0 Å².